The molecule has 0 saturated heterocycles. The predicted molar refractivity (Wildman–Crippen MR) is 100 cm³/mol. The van der Waals surface area contributed by atoms with Gasteiger partial charge in [0.25, 0.3) is 0 Å². The molecule has 0 fully saturated rings. The molecule has 0 amide bonds. The van der Waals surface area contributed by atoms with E-state index in [1.165, 1.54) is 0 Å². The van der Waals surface area contributed by atoms with Crippen LogP contribution in [-0.4, -0.2) is 36.8 Å². The molecule has 0 saturated carbocycles. The van der Waals surface area contributed by atoms with Crippen molar-refractivity contribution in [1.29, 1.82) is 0 Å². The highest BCUT2D eigenvalue weighted by molar-refractivity contribution is 5.44. The third-order valence-corrected chi connectivity index (χ3v) is 4.12. The first-order valence-corrected chi connectivity index (χ1v) is 8.24. The van der Waals surface area contributed by atoms with Crippen molar-refractivity contribution in [3.05, 3.63) is 84.4 Å². The summed E-state index contributed by atoms with van der Waals surface area (Å²) in [7, 11) is 4.31. The Labute approximate surface area is 145 Å². The average molecular weight is 320 g/mol. The number of hydrogen-bond donors (Lipinski definition) is 1. The molecule has 0 unspecified atom stereocenters. The highest BCUT2D eigenvalue weighted by atomic mass is 16.3. The molecular formula is C22H26NO+. The van der Waals surface area contributed by atoms with Crippen LogP contribution in [-0.2, 0) is 5.60 Å². The van der Waals surface area contributed by atoms with Crippen LogP contribution >= 0.6 is 0 Å². The highest BCUT2D eigenvalue weighted by Crippen LogP contribution is 2.28. The van der Waals surface area contributed by atoms with E-state index >= 15 is 0 Å². The molecule has 2 heteroatoms. The molecule has 2 aromatic rings. The Balaban J connectivity index is 2.26. The quantitative estimate of drug-likeness (QED) is 0.490. The molecule has 0 aliphatic heterocycles. The zero-order valence-electron chi connectivity index (χ0n) is 14.6. The Morgan fingerprint density at radius 3 is 1.96 bits per heavy atom. The van der Waals surface area contributed by atoms with Gasteiger partial charge in [-0.3, -0.25) is 0 Å². The summed E-state index contributed by atoms with van der Waals surface area (Å²) in [5.74, 6) is 6.30. The van der Waals surface area contributed by atoms with Gasteiger partial charge in [-0.2, -0.15) is 0 Å². The van der Waals surface area contributed by atoms with Gasteiger partial charge in [0, 0.05) is 11.1 Å². The fourth-order valence-electron chi connectivity index (χ4n) is 2.66. The summed E-state index contributed by atoms with van der Waals surface area (Å²) in [6.07, 6.45) is 2.65. The van der Waals surface area contributed by atoms with E-state index in [4.69, 9.17) is 0 Å². The average Bonchev–Trinajstić information content (AvgIpc) is 2.60. The number of hydrogen-bond acceptors (Lipinski definition) is 1. The van der Waals surface area contributed by atoms with E-state index in [1.54, 1.807) is 0 Å². The van der Waals surface area contributed by atoms with E-state index < -0.39 is 5.60 Å². The largest absolute Gasteiger partial charge is 0.369 e. The third-order valence-electron chi connectivity index (χ3n) is 4.12. The van der Waals surface area contributed by atoms with Crippen LogP contribution in [0, 0.1) is 11.8 Å². The second kappa shape index (κ2) is 7.97. The molecule has 0 atom stereocenters. The van der Waals surface area contributed by atoms with E-state index in [1.807, 2.05) is 66.7 Å². The van der Waals surface area contributed by atoms with Gasteiger partial charge >= 0.3 is 0 Å². The van der Waals surface area contributed by atoms with Crippen molar-refractivity contribution < 1.29 is 9.59 Å². The van der Waals surface area contributed by atoms with Crippen molar-refractivity contribution in [2.24, 2.45) is 0 Å². The van der Waals surface area contributed by atoms with Gasteiger partial charge in [-0.05, 0) is 6.08 Å². The molecule has 2 aromatic carbocycles. The second-order valence-electron chi connectivity index (χ2n) is 6.62. The summed E-state index contributed by atoms with van der Waals surface area (Å²) < 4.78 is 0.841. The van der Waals surface area contributed by atoms with Crippen molar-refractivity contribution >= 4 is 0 Å². The summed E-state index contributed by atoms with van der Waals surface area (Å²) in [6, 6.07) is 19.3. The standard InChI is InChI=1S/C22H26NO/c1-4-18-23(2,3)19-12-11-17-22(24,20-13-7-5-8-14-20)21-15-9-6-10-16-21/h4-10,13-16,24H,1,12,18-19H2,2-3H3/q+1. The Bertz CT molecular complexity index is 668. The van der Waals surface area contributed by atoms with Crippen molar-refractivity contribution in [3.63, 3.8) is 0 Å². The molecule has 0 radical (unpaired) electrons. The maximum Gasteiger partial charge on any atom is 0.176 e. The van der Waals surface area contributed by atoms with Gasteiger partial charge in [0.1, 0.15) is 0 Å². The van der Waals surface area contributed by atoms with Crippen LogP contribution in [0.1, 0.15) is 17.5 Å². The van der Waals surface area contributed by atoms with Gasteiger partial charge < -0.3 is 9.59 Å². The third kappa shape index (κ3) is 4.58. The minimum atomic E-state index is -1.28. The molecule has 0 heterocycles. The minimum absolute atomic E-state index is 0.725. The SMILES string of the molecule is C=CC[N+](C)(C)CCC#CC(O)(c1ccccc1)c1ccccc1. The number of rotatable bonds is 6. The molecule has 0 aliphatic carbocycles. The van der Waals surface area contributed by atoms with Crippen LogP contribution in [0.25, 0.3) is 0 Å². The molecule has 124 valence electrons. The fraction of sp³-hybridized carbons (Fsp3) is 0.273. The monoisotopic (exact) mass is 320 g/mol. The van der Waals surface area contributed by atoms with Gasteiger partial charge in [0.15, 0.2) is 5.60 Å². The minimum Gasteiger partial charge on any atom is -0.369 e. The number of benzene rings is 2. The van der Waals surface area contributed by atoms with Gasteiger partial charge in [-0.1, -0.05) is 79.1 Å². The van der Waals surface area contributed by atoms with Crippen molar-refractivity contribution in [1.82, 2.24) is 0 Å². The molecule has 0 aromatic heterocycles. The number of likely N-dealkylation sites (N-methyl/N-ethyl adjacent to an activating group) is 1. The smallest absolute Gasteiger partial charge is 0.176 e. The van der Waals surface area contributed by atoms with Crippen LogP contribution in [0.4, 0.5) is 0 Å². The van der Waals surface area contributed by atoms with Crippen molar-refractivity contribution in [2.45, 2.75) is 12.0 Å². The summed E-state index contributed by atoms with van der Waals surface area (Å²) in [5, 5.41) is 11.3. The zero-order valence-corrected chi connectivity index (χ0v) is 14.6. The molecule has 24 heavy (non-hydrogen) atoms. The Kier molecular flexibility index (Phi) is 5.98. The molecule has 1 N–H and O–H groups in total. The Hall–Kier alpha value is -2.34. The van der Waals surface area contributed by atoms with Gasteiger partial charge in [0.2, 0.25) is 0 Å². The number of aliphatic hydroxyl groups is 1. The highest BCUT2D eigenvalue weighted by Gasteiger charge is 2.29. The fourth-order valence-corrected chi connectivity index (χ4v) is 2.66. The Morgan fingerprint density at radius 1 is 1.00 bits per heavy atom. The first-order chi connectivity index (χ1) is 11.5. The lowest BCUT2D eigenvalue weighted by Gasteiger charge is -2.27. The predicted octanol–water partition coefficient (Wildman–Crippen LogP) is 3.58. The van der Waals surface area contributed by atoms with Crippen LogP contribution in [0.15, 0.2) is 73.3 Å². The molecule has 2 nitrogen and oxygen atoms in total. The van der Waals surface area contributed by atoms with Crippen LogP contribution < -0.4 is 0 Å². The molecule has 0 aliphatic rings. The lowest BCUT2D eigenvalue weighted by Crippen LogP contribution is -2.40. The summed E-state index contributed by atoms with van der Waals surface area (Å²) >= 11 is 0. The molecule has 0 bridgehead atoms. The molecular weight excluding hydrogens is 294 g/mol. The normalized spacial score (nSPS) is 11.5. The van der Waals surface area contributed by atoms with Crippen molar-refractivity contribution in [3.8, 4) is 11.8 Å². The Morgan fingerprint density at radius 2 is 1.50 bits per heavy atom. The topological polar surface area (TPSA) is 20.2 Å². The first-order valence-electron chi connectivity index (χ1n) is 8.24. The maximum absolute atomic E-state index is 11.3. The molecule has 2 rings (SSSR count). The number of quaternary nitrogens is 1. The number of nitrogens with zero attached hydrogens (tertiary/aromatic N) is 1. The van der Waals surface area contributed by atoms with Crippen LogP contribution in [0.2, 0.25) is 0 Å². The van der Waals surface area contributed by atoms with E-state index in [0.717, 1.165) is 35.1 Å². The van der Waals surface area contributed by atoms with E-state index in [0.29, 0.717) is 0 Å². The summed E-state index contributed by atoms with van der Waals surface area (Å²) in [5.41, 5.74) is 0.310. The maximum atomic E-state index is 11.3. The van der Waals surface area contributed by atoms with Crippen molar-refractivity contribution in [2.75, 3.05) is 27.2 Å². The van der Waals surface area contributed by atoms with Crippen LogP contribution in [0.3, 0.4) is 0 Å². The lowest BCUT2D eigenvalue weighted by atomic mass is 9.87. The zero-order chi connectivity index (χ0) is 17.5. The van der Waals surface area contributed by atoms with E-state index in [2.05, 4.69) is 32.5 Å². The second-order valence-corrected chi connectivity index (χ2v) is 6.62. The van der Waals surface area contributed by atoms with Gasteiger partial charge in [0.05, 0.1) is 33.6 Å². The first kappa shape index (κ1) is 18.0. The van der Waals surface area contributed by atoms with Crippen LogP contribution in [0.5, 0.6) is 0 Å². The summed E-state index contributed by atoms with van der Waals surface area (Å²) in [6.45, 7) is 5.62. The lowest BCUT2D eigenvalue weighted by molar-refractivity contribution is -0.883. The van der Waals surface area contributed by atoms with Gasteiger partial charge in [-0.15, -0.1) is 0 Å². The van der Waals surface area contributed by atoms with Gasteiger partial charge in [-0.25, -0.2) is 0 Å². The van der Waals surface area contributed by atoms with E-state index in [9.17, 15) is 5.11 Å². The summed E-state index contributed by atoms with van der Waals surface area (Å²) in [4.78, 5) is 0. The molecule has 0 spiro atoms. The van der Waals surface area contributed by atoms with E-state index in [-0.39, 0.29) is 0 Å².